The van der Waals surface area contributed by atoms with Gasteiger partial charge in [0.15, 0.2) is 0 Å². The molecule has 0 saturated carbocycles. The molecule has 0 saturated heterocycles. The van der Waals surface area contributed by atoms with Crippen LogP contribution < -0.4 is 5.32 Å². The average molecular weight is 301 g/mol. The SMILES string of the molecule is O=C(NCC1CC=CCC1)c1cccc(C(F)(F)F)c1F. The van der Waals surface area contributed by atoms with E-state index in [1.165, 1.54) is 0 Å². The monoisotopic (exact) mass is 301 g/mol. The summed E-state index contributed by atoms with van der Waals surface area (Å²) in [7, 11) is 0. The zero-order chi connectivity index (χ0) is 15.5. The molecule has 1 aromatic carbocycles. The number of hydrogen-bond donors (Lipinski definition) is 1. The molecule has 2 rings (SSSR count). The molecule has 0 aromatic heterocycles. The molecule has 114 valence electrons. The van der Waals surface area contributed by atoms with Gasteiger partial charge >= 0.3 is 6.18 Å². The minimum atomic E-state index is -4.81. The molecule has 0 bridgehead atoms. The summed E-state index contributed by atoms with van der Waals surface area (Å²) in [6.07, 6.45) is 1.87. The Labute approximate surface area is 119 Å². The van der Waals surface area contributed by atoms with Gasteiger partial charge in [-0.05, 0) is 37.3 Å². The lowest BCUT2D eigenvalue weighted by Gasteiger charge is -2.18. The fourth-order valence-corrected chi connectivity index (χ4v) is 2.30. The van der Waals surface area contributed by atoms with Crippen LogP contribution in [0.25, 0.3) is 0 Å². The molecule has 1 atom stereocenters. The fraction of sp³-hybridized carbons (Fsp3) is 0.400. The lowest BCUT2D eigenvalue weighted by Crippen LogP contribution is -2.30. The molecule has 0 fully saturated rings. The second-order valence-corrected chi connectivity index (χ2v) is 5.03. The van der Waals surface area contributed by atoms with Crippen LogP contribution in [0.3, 0.4) is 0 Å². The highest BCUT2D eigenvalue weighted by atomic mass is 19.4. The predicted octanol–water partition coefficient (Wildman–Crippen LogP) is 3.93. The normalized spacial score (nSPS) is 18.6. The first-order valence-electron chi connectivity index (χ1n) is 6.68. The third-order valence-corrected chi connectivity index (χ3v) is 3.48. The Morgan fingerprint density at radius 1 is 1.29 bits per heavy atom. The molecule has 1 aliphatic rings. The van der Waals surface area contributed by atoms with Crippen molar-refractivity contribution >= 4 is 5.91 Å². The smallest absolute Gasteiger partial charge is 0.352 e. The third kappa shape index (κ3) is 3.83. The van der Waals surface area contributed by atoms with Crippen LogP contribution in [0, 0.1) is 11.7 Å². The van der Waals surface area contributed by atoms with Gasteiger partial charge in [0.05, 0.1) is 11.1 Å². The Morgan fingerprint density at radius 3 is 2.67 bits per heavy atom. The van der Waals surface area contributed by atoms with Crippen molar-refractivity contribution in [2.45, 2.75) is 25.4 Å². The zero-order valence-electron chi connectivity index (χ0n) is 11.2. The van der Waals surface area contributed by atoms with Crippen LogP contribution >= 0.6 is 0 Å². The molecule has 1 unspecified atom stereocenters. The van der Waals surface area contributed by atoms with Gasteiger partial charge in [0, 0.05) is 6.54 Å². The number of alkyl halides is 3. The molecule has 0 aliphatic heterocycles. The Bertz CT molecular complexity index is 551. The number of allylic oxidation sites excluding steroid dienone is 2. The lowest BCUT2D eigenvalue weighted by atomic mass is 9.94. The average Bonchev–Trinajstić information content (AvgIpc) is 2.45. The van der Waals surface area contributed by atoms with Gasteiger partial charge in [-0.2, -0.15) is 13.2 Å². The van der Waals surface area contributed by atoms with Gasteiger partial charge in [-0.15, -0.1) is 0 Å². The summed E-state index contributed by atoms with van der Waals surface area (Å²) in [5.41, 5.74) is -1.99. The van der Waals surface area contributed by atoms with Crippen LogP contribution in [0.2, 0.25) is 0 Å². The van der Waals surface area contributed by atoms with E-state index < -0.39 is 29.0 Å². The van der Waals surface area contributed by atoms with Crippen molar-refractivity contribution in [3.05, 3.63) is 47.3 Å². The summed E-state index contributed by atoms with van der Waals surface area (Å²) in [5.74, 6) is -2.09. The van der Waals surface area contributed by atoms with Gasteiger partial charge in [-0.1, -0.05) is 18.2 Å². The molecular formula is C15H15F4NO. The first-order valence-corrected chi connectivity index (χ1v) is 6.68. The number of carbonyl (C=O) groups excluding carboxylic acids is 1. The predicted molar refractivity (Wildman–Crippen MR) is 70.2 cm³/mol. The van der Waals surface area contributed by atoms with Gasteiger partial charge in [0.25, 0.3) is 5.91 Å². The van der Waals surface area contributed by atoms with Crippen LogP contribution in [-0.2, 0) is 6.18 Å². The van der Waals surface area contributed by atoms with Gasteiger partial charge in [-0.3, -0.25) is 4.79 Å². The van der Waals surface area contributed by atoms with Crippen molar-refractivity contribution in [1.29, 1.82) is 0 Å². The van der Waals surface area contributed by atoms with Crippen LogP contribution in [0.1, 0.15) is 35.2 Å². The summed E-state index contributed by atoms with van der Waals surface area (Å²) in [6, 6.07) is 2.71. The van der Waals surface area contributed by atoms with E-state index >= 15 is 0 Å². The molecule has 6 heteroatoms. The van der Waals surface area contributed by atoms with Crippen LogP contribution in [0.4, 0.5) is 17.6 Å². The minimum Gasteiger partial charge on any atom is -0.352 e. The Balaban J connectivity index is 2.07. The zero-order valence-corrected chi connectivity index (χ0v) is 11.2. The van der Waals surface area contributed by atoms with Crippen LogP contribution in [0.15, 0.2) is 30.4 Å². The topological polar surface area (TPSA) is 29.1 Å². The van der Waals surface area contributed by atoms with E-state index in [4.69, 9.17) is 0 Å². The quantitative estimate of drug-likeness (QED) is 0.665. The van der Waals surface area contributed by atoms with E-state index in [2.05, 4.69) is 5.32 Å². The van der Waals surface area contributed by atoms with Gasteiger partial charge in [0.1, 0.15) is 5.82 Å². The van der Waals surface area contributed by atoms with Gasteiger partial charge in [-0.25, -0.2) is 4.39 Å². The summed E-state index contributed by atoms with van der Waals surface area (Å²) >= 11 is 0. The Hall–Kier alpha value is -1.85. The van der Waals surface area contributed by atoms with E-state index in [0.717, 1.165) is 31.4 Å². The Morgan fingerprint density at radius 2 is 2.05 bits per heavy atom. The van der Waals surface area contributed by atoms with E-state index in [1.807, 2.05) is 12.2 Å². The molecule has 21 heavy (non-hydrogen) atoms. The second kappa shape index (κ2) is 6.28. The molecule has 2 nitrogen and oxygen atoms in total. The molecular weight excluding hydrogens is 286 g/mol. The van der Waals surface area contributed by atoms with Crippen molar-refractivity contribution in [2.75, 3.05) is 6.54 Å². The first-order chi connectivity index (χ1) is 9.89. The maximum absolute atomic E-state index is 13.8. The van der Waals surface area contributed by atoms with Crippen molar-refractivity contribution in [1.82, 2.24) is 5.32 Å². The van der Waals surface area contributed by atoms with Crippen molar-refractivity contribution < 1.29 is 22.4 Å². The van der Waals surface area contributed by atoms with Gasteiger partial charge < -0.3 is 5.32 Å². The number of carbonyl (C=O) groups is 1. The molecule has 0 radical (unpaired) electrons. The molecule has 1 aliphatic carbocycles. The summed E-state index contributed by atoms with van der Waals surface area (Å²) in [5, 5.41) is 2.51. The summed E-state index contributed by atoms with van der Waals surface area (Å²) < 4.78 is 51.6. The maximum atomic E-state index is 13.8. The number of rotatable bonds is 3. The third-order valence-electron chi connectivity index (χ3n) is 3.48. The van der Waals surface area contributed by atoms with E-state index in [-0.39, 0.29) is 5.92 Å². The minimum absolute atomic E-state index is 0.243. The highest BCUT2D eigenvalue weighted by Crippen LogP contribution is 2.32. The molecule has 1 N–H and O–H groups in total. The molecule has 1 aromatic rings. The number of halogens is 4. The first kappa shape index (κ1) is 15.5. The molecule has 0 heterocycles. The fourth-order valence-electron chi connectivity index (χ4n) is 2.30. The van der Waals surface area contributed by atoms with E-state index in [0.29, 0.717) is 12.6 Å². The van der Waals surface area contributed by atoms with Crippen LogP contribution in [0.5, 0.6) is 0 Å². The molecule has 1 amide bonds. The van der Waals surface area contributed by atoms with Crippen LogP contribution in [-0.4, -0.2) is 12.5 Å². The van der Waals surface area contributed by atoms with Crippen molar-refractivity contribution in [3.63, 3.8) is 0 Å². The lowest BCUT2D eigenvalue weighted by molar-refractivity contribution is -0.140. The van der Waals surface area contributed by atoms with E-state index in [9.17, 15) is 22.4 Å². The van der Waals surface area contributed by atoms with Crippen molar-refractivity contribution in [3.8, 4) is 0 Å². The van der Waals surface area contributed by atoms with Crippen molar-refractivity contribution in [2.24, 2.45) is 5.92 Å². The summed E-state index contributed by atoms with van der Waals surface area (Å²) in [6.45, 7) is 0.332. The number of amides is 1. The number of nitrogens with one attached hydrogen (secondary N) is 1. The second-order valence-electron chi connectivity index (χ2n) is 5.03. The number of benzene rings is 1. The highest BCUT2D eigenvalue weighted by Gasteiger charge is 2.35. The highest BCUT2D eigenvalue weighted by molar-refractivity contribution is 5.94. The summed E-state index contributed by atoms with van der Waals surface area (Å²) in [4.78, 5) is 11.9. The van der Waals surface area contributed by atoms with E-state index in [1.54, 1.807) is 0 Å². The Kier molecular flexibility index (Phi) is 4.65. The molecule has 0 spiro atoms. The maximum Gasteiger partial charge on any atom is 0.419 e. The standard InChI is InChI=1S/C15H15F4NO/c16-13-11(7-4-8-12(13)15(17,18)19)14(21)20-9-10-5-2-1-3-6-10/h1-2,4,7-8,10H,3,5-6,9H2,(H,20,21). The number of hydrogen-bond acceptors (Lipinski definition) is 1. The van der Waals surface area contributed by atoms with Gasteiger partial charge in [0.2, 0.25) is 0 Å². The largest absolute Gasteiger partial charge is 0.419 e.